The Labute approximate surface area is 153 Å². The highest BCUT2D eigenvalue weighted by Crippen LogP contribution is 2.37. The molecule has 1 aromatic rings. The molecule has 0 amide bonds. The van der Waals surface area contributed by atoms with Gasteiger partial charge in [-0.25, -0.2) is 9.78 Å². The number of imidazole rings is 1. The Morgan fingerprint density at radius 1 is 1.24 bits per heavy atom. The highest BCUT2D eigenvalue weighted by atomic mass is 28.4. The molecule has 0 bridgehead atoms. The van der Waals surface area contributed by atoms with Gasteiger partial charge >= 0.3 is 5.97 Å². The third-order valence-electron chi connectivity index (χ3n) is 4.67. The van der Waals surface area contributed by atoms with E-state index in [0.29, 0.717) is 25.8 Å². The van der Waals surface area contributed by atoms with Gasteiger partial charge in [-0.15, -0.1) is 0 Å². The van der Waals surface area contributed by atoms with E-state index in [4.69, 9.17) is 9.16 Å². The van der Waals surface area contributed by atoms with Crippen molar-refractivity contribution in [3.05, 3.63) is 17.7 Å². The van der Waals surface area contributed by atoms with Crippen LogP contribution in [0.4, 0.5) is 0 Å². The lowest BCUT2D eigenvalue weighted by molar-refractivity contribution is 0.0689. The lowest BCUT2D eigenvalue weighted by Gasteiger charge is -2.36. The second-order valence-corrected chi connectivity index (χ2v) is 19.6. The van der Waals surface area contributed by atoms with Crippen LogP contribution in [0, 0.1) is 0 Å². The second kappa shape index (κ2) is 8.15. The number of nitrogens with zero attached hydrogens (tertiary/aromatic N) is 2. The number of rotatable bonds is 9. The maximum Gasteiger partial charge on any atom is 0.356 e. The number of hydrogen-bond donors (Lipinski definition) is 1. The first kappa shape index (κ1) is 22.1. The van der Waals surface area contributed by atoms with E-state index in [2.05, 4.69) is 58.5 Å². The molecule has 0 radical (unpaired) electrons. The van der Waals surface area contributed by atoms with Gasteiger partial charge in [-0.2, -0.15) is 0 Å². The minimum Gasteiger partial charge on any atom is -0.476 e. The van der Waals surface area contributed by atoms with Gasteiger partial charge in [0.25, 0.3) is 0 Å². The Morgan fingerprint density at radius 3 is 2.32 bits per heavy atom. The Bertz CT molecular complexity index is 586. The molecule has 0 spiro atoms. The van der Waals surface area contributed by atoms with E-state index in [0.717, 1.165) is 6.04 Å². The summed E-state index contributed by atoms with van der Waals surface area (Å²) in [6, 6.07) is 1.07. The number of carboxylic acid groups (broad SMARTS) is 1. The topological polar surface area (TPSA) is 73.6 Å². The molecular weight excluding hydrogens is 352 g/mol. The molecule has 1 aromatic heterocycles. The summed E-state index contributed by atoms with van der Waals surface area (Å²) in [5, 5.41) is 9.31. The lowest BCUT2D eigenvalue weighted by atomic mass is 10.2. The van der Waals surface area contributed by atoms with E-state index in [1.165, 1.54) is 6.20 Å². The highest BCUT2D eigenvalue weighted by molar-refractivity contribution is 6.76. The van der Waals surface area contributed by atoms with Crippen LogP contribution in [-0.4, -0.2) is 43.6 Å². The van der Waals surface area contributed by atoms with Gasteiger partial charge in [-0.05, 0) is 24.2 Å². The van der Waals surface area contributed by atoms with E-state index in [1.54, 1.807) is 4.57 Å². The summed E-state index contributed by atoms with van der Waals surface area (Å²) < 4.78 is 13.7. The van der Waals surface area contributed by atoms with E-state index >= 15 is 0 Å². The normalized spacial score (nSPS) is 13.3. The van der Waals surface area contributed by atoms with Gasteiger partial charge < -0.3 is 18.8 Å². The van der Waals surface area contributed by atoms with Crippen LogP contribution < -0.4 is 0 Å². The summed E-state index contributed by atoms with van der Waals surface area (Å²) in [6.07, 6.45) is 1.53. The Balaban J connectivity index is 2.79. The zero-order valence-corrected chi connectivity index (χ0v) is 19.0. The predicted molar refractivity (Wildman–Crippen MR) is 105 cm³/mol. The minimum absolute atomic E-state index is 0.0302. The van der Waals surface area contributed by atoms with Crippen molar-refractivity contribution in [3.8, 4) is 0 Å². The van der Waals surface area contributed by atoms with Crippen molar-refractivity contribution in [3.63, 3.8) is 0 Å². The Hall–Kier alpha value is -0.966. The summed E-state index contributed by atoms with van der Waals surface area (Å²) >= 11 is 0. The van der Waals surface area contributed by atoms with Crippen molar-refractivity contribution in [1.82, 2.24) is 9.55 Å². The number of ether oxygens (including phenoxy) is 1. The number of hydrogen-bond acceptors (Lipinski definition) is 4. The van der Waals surface area contributed by atoms with Crippen LogP contribution in [0.25, 0.3) is 0 Å². The standard InChI is InChI=1S/C17H34N2O4Si2/c1-17(2,3)25(7,8)23-12-15-18-14(16(20)21)11-19(15)13-22-9-10-24(4,5)6/h11H,9-10,12-13H2,1-8H3,(H,20,21). The second-order valence-electron chi connectivity index (χ2n) is 9.21. The fraction of sp³-hybridized carbons (Fsp3) is 0.765. The van der Waals surface area contributed by atoms with Gasteiger partial charge in [0.15, 0.2) is 14.0 Å². The number of aromatic nitrogens is 2. The van der Waals surface area contributed by atoms with E-state index in [-0.39, 0.29) is 10.7 Å². The minimum atomic E-state index is -1.93. The van der Waals surface area contributed by atoms with Gasteiger partial charge in [-0.3, -0.25) is 0 Å². The molecule has 0 aliphatic rings. The third-order valence-corrected chi connectivity index (χ3v) is 10.9. The van der Waals surface area contributed by atoms with Gasteiger partial charge in [0, 0.05) is 20.9 Å². The van der Waals surface area contributed by atoms with Crippen LogP contribution in [0.1, 0.15) is 37.1 Å². The van der Waals surface area contributed by atoms with Crippen molar-refractivity contribution >= 4 is 22.4 Å². The van der Waals surface area contributed by atoms with Crippen molar-refractivity contribution in [2.75, 3.05) is 6.61 Å². The zero-order valence-electron chi connectivity index (χ0n) is 17.0. The first-order chi connectivity index (χ1) is 11.2. The molecule has 0 aromatic carbocycles. The van der Waals surface area contributed by atoms with Crippen LogP contribution in [0.2, 0.25) is 43.8 Å². The molecule has 144 valence electrons. The Kier molecular flexibility index (Phi) is 7.20. The first-order valence-electron chi connectivity index (χ1n) is 8.74. The third kappa shape index (κ3) is 7.04. The van der Waals surface area contributed by atoms with Crippen molar-refractivity contribution in [2.45, 2.75) is 77.9 Å². The number of carbonyl (C=O) groups is 1. The molecule has 1 heterocycles. The Morgan fingerprint density at radius 2 is 1.84 bits per heavy atom. The molecule has 0 aliphatic heterocycles. The first-order valence-corrected chi connectivity index (χ1v) is 15.4. The molecule has 1 rings (SSSR count). The molecular formula is C17H34N2O4Si2. The van der Waals surface area contributed by atoms with E-state index in [1.807, 2.05) is 0 Å². The molecule has 0 unspecified atom stereocenters. The van der Waals surface area contributed by atoms with Crippen molar-refractivity contribution in [1.29, 1.82) is 0 Å². The highest BCUT2D eigenvalue weighted by Gasteiger charge is 2.37. The van der Waals surface area contributed by atoms with Crippen molar-refractivity contribution < 1.29 is 19.1 Å². The van der Waals surface area contributed by atoms with Crippen LogP contribution in [-0.2, 0) is 22.5 Å². The maximum absolute atomic E-state index is 11.2. The molecule has 0 aliphatic carbocycles. The van der Waals surface area contributed by atoms with Gasteiger partial charge in [0.05, 0.1) is 6.61 Å². The van der Waals surface area contributed by atoms with E-state index in [9.17, 15) is 9.90 Å². The SMILES string of the molecule is CC(C)(C)[Si](C)(C)OCc1nc(C(=O)O)cn1COCC[Si](C)(C)C. The average Bonchev–Trinajstić information content (AvgIpc) is 2.82. The summed E-state index contributed by atoms with van der Waals surface area (Å²) in [4.78, 5) is 15.5. The number of carboxylic acids is 1. The van der Waals surface area contributed by atoms with Crippen LogP contribution in [0.15, 0.2) is 6.20 Å². The smallest absolute Gasteiger partial charge is 0.356 e. The fourth-order valence-corrected chi connectivity index (χ4v) is 3.47. The van der Waals surface area contributed by atoms with Crippen LogP contribution in [0.3, 0.4) is 0 Å². The average molecular weight is 387 g/mol. The fourth-order valence-electron chi connectivity index (χ4n) is 1.79. The van der Waals surface area contributed by atoms with Crippen molar-refractivity contribution in [2.24, 2.45) is 0 Å². The summed E-state index contributed by atoms with van der Waals surface area (Å²) in [7, 11) is -3.07. The maximum atomic E-state index is 11.2. The molecule has 0 saturated carbocycles. The van der Waals surface area contributed by atoms with Crippen LogP contribution >= 0.6 is 0 Å². The summed E-state index contributed by atoms with van der Waals surface area (Å²) in [5.74, 6) is -0.426. The molecule has 0 fully saturated rings. The molecule has 0 saturated heterocycles. The zero-order chi connectivity index (χ0) is 19.5. The predicted octanol–water partition coefficient (Wildman–Crippen LogP) is 4.42. The summed E-state index contributed by atoms with van der Waals surface area (Å²) in [5.41, 5.74) is 0.0302. The molecule has 6 nitrogen and oxygen atoms in total. The van der Waals surface area contributed by atoms with Gasteiger partial charge in [-0.1, -0.05) is 40.4 Å². The number of aromatic carboxylic acids is 1. The quantitative estimate of drug-likeness (QED) is 0.502. The lowest BCUT2D eigenvalue weighted by Crippen LogP contribution is -2.40. The van der Waals surface area contributed by atoms with Gasteiger partial charge in [0.1, 0.15) is 12.6 Å². The van der Waals surface area contributed by atoms with Crippen LogP contribution in [0.5, 0.6) is 0 Å². The summed E-state index contributed by atoms with van der Waals surface area (Å²) in [6.45, 7) is 19.1. The molecule has 8 heteroatoms. The van der Waals surface area contributed by atoms with E-state index < -0.39 is 22.4 Å². The van der Waals surface area contributed by atoms with Gasteiger partial charge in [0.2, 0.25) is 0 Å². The molecule has 0 atom stereocenters. The monoisotopic (exact) mass is 386 g/mol. The molecule has 25 heavy (non-hydrogen) atoms. The largest absolute Gasteiger partial charge is 0.476 e. The molecule has 1 N–H and O–H groups in total.